The molecule has 1 amide bonds. The largest absolute Gasteiger partial charge is 0.336 e. The van der Waals surface area contributed by atoms with Crippen molar-refractivity contribution in [3.8, 4) is 6.07 Å². The van der Waals surface area contributed by atoms with Crippen LogP contribution in [0.25, 0.3) is 0 Å². The number of hydrogen-bond acceptors (Lipinski definition) is 3. The summed E-state index contributed by atoms with van der Waals surface area (Å²) < 4.78 is 13.8. The lowest BCUT2D eigenvalue weighted by Crippen LogP contribution is -2.49. The monoisotopic (exact) mass is 337 g/mol. The lowest BCUT2D eigenvalue weighted by Gasteiger charge is -2.37. The Bertz CT molecular complexity index is 807. The van der Waals surface area contributed by atoms with Crippen LogP contribution in [0.5, 0.6) is 0 Å². The molecule has 0 radical (unpaired) electrons. The number of nitrogens with zero attached hydrogens (tertiary/aromatic N) is 3. The third-order valence-corrected chi connectivity index (χ3v) is 4.68. The van der Waals surface area contributed by atoms with E-state index in [-0.39, 0.29) is 17.5 Å². The molecule has 0 aromatic heterocycles. The zero-order valence-electron chi connectivity index (χ0n) is 14.2. The molecule has 1 fully saturated rings. The van der Waals surface area contributed by atoms with Gasteiger partial charge in [0, 0.05) is 26.2 Å². The fourth-order valence-corrected chi connectivity index (χ4v) is 3.23. The highest BCUT2D eigenvalue weighted by molar-refractivity contribution is 5.94. The number of carbonyl (C=O) groups excluding carboxylic acids is 1. The second-order valence-corrected chi connectivity index (χ2v) is 6.20. The molecular weight excluding hydrogens is 317 g/mol. The van der Waals surface area contributed by atoms with Crippen LogP contribution in [0.15, 0.2) is 48.5 Å². The molecule has 0 aliphatic carbocycles. The van der Waals surface area contributed by atoms with Crippen molar-refractivity contribution in [2.24, 2.45) is 0 Å². The summed E-state index contributed by atoms with van der Waals surface area (Å²) in [4.78, 5) is 16.2. The third-order valence-electron chi connectivity index (χ3n) is 4.68. The van der Waals surface area contributed by atoms with Gasteiger partial charge in [0.25, 0.3) is 5.91 Å². The van der Waals surface area contributed by atoms with E-state index in [0.29, 0.717) is 26.2 Å². The Morgan fingerprint density at radius 1 is 1.08 bits per heavy atom. The van der Waals surface area contributed by atoms with Crippen molar-refractivity contribution < 1.29 is 9.18 Å². The maximum atomic E-state index is 13.8. The summed E-state index contributed by atoms with van der Waals surface area (Å²) >= 11 is 0. The molecule has 1 unspecified atom stereocenters. The van der Waals surface area contributed by atoms with Crippen molar-refractivity contribution >= 4 is 5.91 Å². The number of halogens is 1. The zero-order valence-corrected chi connectivity index (χ0v) is 14.2. The van der Waals surface area contributed by atoms with E-state index >= 15 is 0 Å². The number of hydrogen-bond donors (Lipinski definition) is 0. The molecule has 2 aromatic carbocycles. The van der Waals surface area contributed by atoms with E-state index in [9.17, 15) is 14.4 Å². The summed E-state index contributed by atoms with van der Waals surface area (Å²) in [5, 5.41) is 9.62. The van der Waals surface area contributed by atoms with Gasteiger partial charge in [-0.15, -0.1) is 0 Å². The van der Waals surface area contributed by atoms with E-state index in [1.54, 1.807) is 17.0 Å². The Hall–Kier alpha value is -2.71. The summed E-state index contributed by atoms with van der Waals surface area (Å²) in [5.74, 6) is -0.785. The Morgan fingerprint density at radius 3 is 2.36 bits per heavy atom. The maximum Gasteiger partial charge on any atom is 0.256 e. The molecule has 0 bridgehead atoms. The molecule has 0 N–H and O–H groups in total. The van der Waals surface area contributed by atoms with Gasteiger partial charge in [0.1, 0.15) is 11.9 Å². The summed E-state index contributed by atoms with van der Waals surface area (Å²) in [5.41, 5.74) is 2.18. The summed E-state index contributed by atoms with van der Waals surface area (Å²) in [7, 11) is 0. The highest BCUT2D eigenvalue weighted by atomic mass is 19.1. The fourth-order valence-electron chi connectivity index (χ4n) is 3.23. The quantitative estimate of drug-likeness (QED) is 0.864. The van der Waals surface area contributed by atoms with Gasteiger partial charge in [-0.2, -0.15) is 5.26 Å². The minimum Gasteiger partial charge on any atom is -0.336 e. The highest BCUT2D eigenvalue weighted by Gasteiger charge is 2.28. The zero-order chi connectivity index (χ0) is 17.8. The SMILES string of the molecule is Cc1ccccc1C(C#N)N1CCN(C(=O)c2ccccc2F)CC1. The molecule has 4 nitrogen and oxygen atoms in total. The average molecular weight is 337 g/mol. The van der Waals surface area contributed by atoms with E-state index in [4.69, 9.17) is 0 Å². The van der Waals surface area contributed by atoms with Crippen molar-refractivity contribution in [1.29, 1.82) is 5.26 Å². The van der Waals surface area contributed by atoms with Crippen LogP contribution in [0, 0.1) is 24.1 Å². The molecule has 0 saturated carbocycles. The van der Waals surface area contributed by atoms with Crippen LogP contribution in [0.2, 0.25) is 0 Å². The number of amides is 1. The number of nitriles is 1. The highest BCUT2D eigenvalue weighted by Crippen LogP contribution is 2.25. The van der Waals surface area contributed by atoms with Gasteiger partial charge in [-0.25, -0.2) is 4.39 Å². The number of piperazine rings is 1. The predicted octanol–water partition coefficient (Wildman–Crippen LogP) is 3.16. The molecule has 1 aliphatic heterocycles. The van der Waals surface area contributed by atoms with Crippen molar-refractivity contribution in [3.05, 3.63) is 71.0 Å². The summed E-state index contributed by atoms with van der Waals surface area (Å²) in [6.07, 6.45) is 0. The van der Waals surface area contributed by atoms with E-state index in [2.05, 4.69) is 11.0 Å². The van der Waals surface area contributed by atoms with Crippen LogP contribution in [-0.4, -0.2) is 41.9 Å². The van der Waals surface area contributed by atoms with E-state index < -0.39 is 5.82 Å². The van der Waals surface area contributed by atoms with Gasteiger partial charge in [0.15, 0.2) is 0 Å². The molecule has 25 heavy (non-hydrogen) atoms. The second kappa shape index (κ2) is 7.45. The fraction of sp³-hybridized carbons (Fsp3) is 0.300. The van der Waals surface area contributed by atoms with Crippen LogP contribution in [0.3, 0.4) is 0 Å². The van der Waals surface area contributed by atoms with Crippen LogP contribution < -0.4 is 0 Å². The van der Waals surface area contributed by atoms with Gasteiger partial charge in [-0.3, -0.25) is 9.69 Å². The van der Waals surface area contributed by atoms with E-state index in [1.807, 2.05) is 31.2 Å². The van der Waals surface area contributed by atoms with Crippen LogP contribution in [0.1, 0.15) is 27.5 Å². The molecule has 1 aliphatic rings. The number of carbonyl (C=O) groups is 1. The van der Waals surface area contributed by atoms with Gasteiger partial charge in [0.05, 0.1) is 11.6 Å². The Morgan fingerprint density at radius 2 is 1.72 bits per heavy atom. The Balaban J connectivity index is 1.69. The minimum absolute atomic E-state index is 0.103. The molecule has 5 heteroatoms. The van der Waals surface area contributed by atoms with Crippen LogP contribution in [-0.2, 0) is 0 Å². The molecule has 2 aromatic rings. The first-order chi connectivity index (χ1) is 12.1. The summed E-state index contributed by atoms with van der Waals surface area (Å²) in [6, 6.07) is 16.0. The lowest BCUT2D eigenvalue weighted by atomic mass is 10.0. The molecule has 0 spiro atoms. The Labute approximate surface area is 147 Å². The topological polar surface area (TPSA) is 47.3 Å². The lowest BCUT2D eigenvalue weighted by molar-refractivity contribution is 0.0601. The van der Waals surface area contributed by atoms with Gasteiger partial charge < -0.3 is 4.90 Å². The van der Waals surface area contributed by atoms with Gasteiger partial charge in [0.2, 0.25) is 0 Å². The first-order valence-electron chi connectivity index (χ1n) is 8.35. The minimum atomic E-state index is -0.496. The first-order valence-corrected chi connectivity index (χ1v) is 8.35. The number of aryl methyl sites for hydroxylation is 1. The molecule has 128 valence electrons. The number of benzene rings is 2. The van der Waals surface area contributed by atoms with E-state index in [1.165, 1.54) is 12.1 Å². The number of rotatable bonds is 3. The second-order valence-electron chi connectivity index (χ2n) is 6.20. The molecular formula is C20H20FN3O. The van der Waals surface area contributed by atoms with Gasteiger partial charge in [-0.05, 0) is 30.2 Å². The molecule has 1 saturated heterocycles. The third kappa shape index (κ3) is 3.54. The smallest absolute Gasteiger partial charge is 0.256 e. The average Bonchev–Trinajstić information content (AvgIpc) is 2.64. The van der Waals surface area contributed by atoms with Gasteiger partial charge >= 0.3 is 0 Å². The van der Waals surface area contributed by atoms with Gasteiger partial charge in [-0.1, -0.05) is 36.4 Å². The molecule has 1 atom stereocenters. The molecule has 1 heterocycles. The maximum absolute atomic E-state index is 13.8. The van der Waals surface area contributed by atoms with Crippen molar-refractivity contribution in [2.45, 2.75) is 13.0 Å². The molecule has 3 rings (SSSR count). The predicted molar refractivity (Wildman–Crippen MR) is 93.4 cm³/mol. The van der Waals surface area contributed by atoms with Crippen molar-refractivity contribution in [2.75, 3.05) is 26.2 Å². The standard InChI is InChI=1S/C20H20FN3O/c1-15-6-2-3-7-16(15)19(14-22)23-10-12-24(13-11-23)20(25)17-8-4-5-9-18(17)21/h2-9,19H,10-13H2,1H3. The first kappa shape index (κ1) is 17.1. The van der Waals surface area contributed by atoms with Crippen molar-refractivity contribution in [1.82, 2.24) is 9.80 Å². The van der Waals surface area contributed by atoms with Crippen LogP contribution in [0.4, 0.5) is 4.39 Å². The van der Waals surface area contributed by atoms with E-state index in [0.717, 1.165) is 11.1 Å². The summed E-state index contributed by atoms with van der Waals surface area (Å²) in [6.45, 7) is 4.14. The Kier molecular flexibility index (Phi) is 5.11. The normalized spacial score (nSPS) is 16.3. The van der Waals surface area contributed by atoms with Crippen molar-refractivity contribution in [3.63, 3.8) is 0 Å². The van der Waals surface area contributed by atoms with Crippen LogP contribution >= 0.6 is 0 Å².